The Balaban J connectivity index is 1.66. The number of furan rings is 1. The number of anilines is 1. The lowest BCUT2D eigenvalue weighted by atomic mass is 10.2. The topological polar surface area (TPSA) is 36.7 Å². The van der Waals surface area contributed by atoms with E-state index in [1.807, 2.05) is 0 Å². The highest BCUT2D eigenvalue weighted by Crippen LogP contribution is 2.22. The summed E-state index contributed by atoms with van der Waals surface area (Å²) in [5.41, 5.74) is 0.362. The Hall–Kier alpha value is -2.37. The Kier molecular flexibility index (Phi) is 3.60. The van der Waals surface area contributed by atoms with Crippen LogP contribution in [0.5, 0.6) is 0 Å². The molecule has 0 bridgehead atoms. The first-order valence-electron chi connectivity index (χ1n) is 6.68. The van der Waals surface area contributed by atoms with Gasteiger partial charge < -0.3 is 14.2 Å². The molecule has 0 atom stereocenters. The quantitative estimate of drug-likeness (QED) is 0.853. The molecule has 0 aliphatic carbocycles. The molecule has 1 aromatic heterocycles. The number of piperazine rings is 1. The lowest BCUT2D eigenvalue weighted by Gasteiger charge is -2.35. The minimum atomic E-state index is -0.595. The Bertz CT molecular complexity index is 635. The van der Waals surface area contributed by atoms with Crippen molar-refractivity contribution >= 4 is 11.6 Å². The molecule has 4 nitrogen and oxygen atoms in total. The number of hydrogen-bond donors (Lipinski definition) is 0. The number of carbonyl (C=O) groups excluding carboxylic acids is 1. The van der Waals surface area contributed by atoms with Crippen LogP contribution in [-0.4, -0.2) is 37.0 Å². The molecule has 1 aliphatic heterocycles. The van der Waals surface area contributed by atoms with Crippen LogP contribution in [0.2, 0.25) is 0 Å². The number of nitrogens with zero attached hydrogens (tertiary/aromatic N) is 2. The molecule has 1 fully saturated rings. The van der Waals surface area contributed by atoms with Gasteiger partial charge in [-0.25, -0.2) is 8.78 Å². The average Bonchev–Trinajstić information content (AvgIpc) is 3.01. The lowest BCUT2D eigenvalue weighted by Crippen LogP contribution is -2.49. The fourth-order valence-corrected chi connectivity index (χ4v) is 2.44. The maximum atomic E-state index is 13.7. The van der Waals surface area contributed by atoms with E-state index in [0.29, 0.717) is 37.6 Å². The molecular weight excluding hydrogens is 278 g/mol. The van der Waals surface area contributed by atoms with E-state index in [0.717, 1.165) is 6.07 Å². The van der Waals surface area contributed by atoms with E-state index < -0.39 is 11.6 Å². The molecule has 2 aromatic rings. The predicted molar refractivity (Wildman–Crippen MR) is 73.2 cm³/mol. The Labute approximate surface area is 120 Å². The Morgan fingerprint density at radius 2 is 1.86 bits per heavy atom. The molecule has 2 heterocycles. The summed E-state index contributed by atoms with van der Waals surface area (Å²) in [5, 5.41) is 0. The number of halogens is 2. The third kappa shape index (κ3) is 2.74. The normalized spacial score (nSPS) is 15.3. The summed E-state index contributed by atoms with van der Waals surface area (Å²) in [6.45, 7) is 1.93. The van der Waals surface area contributed by atoms with Crippen molar-refractivity contribution in [3.63, 3.8) is 0 Å². The smallest absolute Gasteiger partial charge is 0.289 e. The van der Waals surface area contributed by atoms with E-state index in [1.165, 1.54) is 18.4 Å². The largest absolute Gasteiger partial charge is 0.459 e. The second-order valence-corrected chi connectivity index (χ2v) is 4.85. The predicted octanol–water partition coefficient (Wildman–Crippen LogP) is 2.52. The van der Waals surface area contributed by atoms with Crippen molar-refractivity contribution in [2.45, 2.75) is 0 Å². The van der Waals surface area contributed by atoms with E-state index in [2.05, 4.69) is 0 Å². The van der Waals surface area contributed by atoms with E-state index in [1.54, 1.807) is 21.9 Å². The third-order valence-corrected chi connectivity index (χ3v) is 3.55. The number of rotatable bonds is 2. The van der Waals surface area contributed by atoms with Gasteiger partial charge in [-0.05, 0) is 24.3 Å². The summed E-state index contributed by atoms with van der Waals surface area (Å²) >= 11 is 0. The second kappa shape index (κ2) is 5.55. The highest BCUT2D eigenvalue weighted by Gasteiger charge is 2.24. The van der Waals surface area contributed by atoms with Crippen LogP contribution in [0.25, 0.3) is 0 Å². The maximum Gasteiger partial charge on any atom is 0.289 e. The zero-order valence-corrected chi connectivity index (χ0v) is 11.3. The first-order chi connectivity index (χ1) is 10.1. The summed E-state index contributed by atoms with van der Waals surface area (Å²) in [5.74, 6) is -1.04. The van der Waals surface area contributed by atoms with E-state index in [4.69, 9.17) is 4.42 Å². The molecule has 1 amide bonds. The van der Waals surface area contributed by atoms with Crippen molar-refractivity contribution in [3.8, 4) is 0 Å². The summed E-state index contributed by atoms with van der Waals surface area (Å²) in [7, 11) is 0. The van der Waals surface area contributed by atoms with Gasteiger partial charge in [-0.1, -0.05) is 0 Å². The van der Waals surface area contributed by atoms with Crippen molar-refractivity contribution in [2.75, 3.05) is 31.1 Å². The minimum absolute atomic E-state index is 0.167. The van der Waals surface area contributed by atoms with Crippen LogP contribution in [-0.2, 0) is 0 Å². The Morgan fingerprint density at radius 3 is 2.48 bits per heavy atom. The van der Waals surface area contributed by atoms with Crippen LogP contribution in [0.15, 0.2) is 41.0 Å². The monoisotopic (exact) mass is 292 g/mol. The highest BCUT2D eigenvalue weighted by atomic mass is 19.1. The molecular formula is C15H14F2N2O2. The van der Waals surface area contributed by atoms with Gasteiger partial charge in [0.15, 0.2) is 5.76 Å². The summed E-state index contributed by atoms with van der Waals surface area (Å²) in [6, 6.07) is 6.81. The van der Waals surface area contributed by atoms with Crippen molar-refractivity contribution in [3.05, 3.63) is 54.0 Å². The van der Waals surface area contributed by atoms with Crippen LogP contribution in [0, 0.1) is 11.6 Å². The zero-order chi connectivity index (χ0) is 14.8. The summed E-state index contributed by atoms with van der Waals surface area (Å²) in [4.78, 5) is 15.6. The van der Waals surface area contributed by atoms with Gasteiger partial charge in [0.2, 0.25) is 0 Å². The molecule has 0 spiro atoms. The first-order valence-corrected chi connectivity index (χ1v) is 6.68. The van der Waals surface area contributed by atoms with Gasteiger partial charge in [0.05, 0.1) is 12.0 Å². The number of carbonyl (C=O) groups is 1. The van der Waals surface area contributed by atoms with E-state index in [-0.39, 0.29) is 5.91 Å². The fraction of sp³-hybridized carbons (Fsp3) is 0.267. The van der Waals surface area contributed by atoms with Gasteiger partial charge >= 0.3 is 0 Å². The molecule has 0 unspecified atom stereocenters. The summed E-state index contributed by atoms with van der Waals surface area (Å²) < 4.78 is 31.7. The fourth-order valence-electron chi connectivity index (χ4n) is 2.44. The SMILES string of the molecule is O=C(c1ccco1)N1CCN(c2ccc(F)cc2F)CC1. The van der Waals surface area contributed by atoms with Crippen molar-refractivity contribution < 1.29 is 18.0 Å². The molecule has 6 heteroatoms. The number of benzene rings is 1. The first kappa shape index (κ1) is 13.6. The van der Waals surface area contributed by atoms with Gasteiger partial charge in [-0.15, -0.1) is 0 Å². The standard InChI is InChI=1S/C15H14F2N2O2/c16-11-3-4-13(12(17)10-11)18-5-7-19(8-6-18)15(20)14-2-1-9-21-14/h1-4,9-10H,5-8H2. The molecule has 21 heavy (non-hydrogen) atoms. The van der Waals surface area contributed by atoms with E-state index >= 15 is 0 Å². The van der Waals surface area contributed by atoms with Crippen molar-refractivity contribution in [2.24, 2.45) is 0 Å². The molecule has 110 valence electrons. The zero-order valence-electron chi connectivity index (χ0n) is 11.3. The Morgan fingerprint density at radius 1 is 1.10 bits per heavy atom. The van der Waals surface area contributed by atoms with Gasteiger partial charge in [-0.3, -0.25) is 4.79 Å². The maximum absolute atomic E-state index is 13.7. The van der Waals surface area contributed by atoms with Crippen LogP contribution in [0.4, 0.5) is 14.5 Å². The molecule has 0 saturated carbocycles. The van der Waals surface area contributed by atoms with Gasteiger partial charge in [-0.2, -0.15) is 0 Å². The second-order valence-electron chi connectivity index (χ2n) is 4.85. The van der Waals surface area contributed by atoms with Gasteiger partial charge in [0.25, 0.3) is 5.91 Å². The average molecular weight is 292 g/mol. The molecule has 1 saturated heterocycles. The molecule has 1 aliphatic rings. The number of amides is 1. The highest BCUT2D eigenvalue weighted by molar-refractivity contribution is 5.91. The summed E-state index contributed by atoms with van der Waals surface area (Å²) in [6.07, 6.45) is 1.46. The van der Waals surface area contributed by atoms with Crippen molar-refractivity contribution in [1.82, 2.24) is 4.90 Å². The van der Waals surface area contributed by atoms with Crippen LogP contribution < -0.4 is 4.90 Å². The van der Waals surface area contributed by atoms with Crippen LogP contribution in [0.3, 0.4) is 0 Å². The minimum Gasteiger partial charge on any atom is -0.459 e. The number of hydrogen-bond acceptors (Lipinski definition) is 3. The van der Waals surface area contributed by atoms with Crippen LogP contribution in [0.1, 0.15) is 10.6 Å². The van der Waals surface area contributed by atoms with E-state index in [9.17, 15) is 13.6 Å². The molecule has 0 radical (unpaired) electrons. The molecule has 1 aromatic carbocycles. The third-order valence-electron chi connectivity index (χ3n) is 3.55. The molecule has 0 N–H and O–H groups in total. The lowest BCUT2D eigenvalue weighted by molar-refractivity contribution is 0.0714. The van der Waals surface area contributed by atoms with Crippen molar-refractivity contribution in [1.29, 1.82) is 0 Å². The molecule has 3 rings (SSSR count). The van der Waals surface area contributed by atoms with Crippen LogP contribution >= 0.6 is 0 Å². The van der Waals surface area contributed by atoms with Gasteiger partial charge in [0.1, 0.15) is 11.6 Å². The van der Waals surface area contributed by atoms with Gasteiger partial charge in [0, 0.05) is 32.2 Å².